The van der Waals surface area contributed by atoms with E-state index in [-0.39, 0.29) is 11.5 Å². The van der Waals surface area contributed by atoms with Crippen LogP contribution in [0, 0.1) is 23.5 Å². The Morgan fingerprint density at radius 1 is 0.926 bits per heavy atom. The van der Waals surface area contributed by atoms with E-state index < -0.39 is 11.6 Å². The van der Waals surface area contributed by atoms with Crippen LogP contribution in [0.3, 0.4) is 0 Å². The fourth-order valence-corrected chi connectivity index (χ4v) is 3.53. The highest BCUT2D eigenvalue weighted by molar-refractivity contribution is 5.94. The SMILES string of the molecule is CCCCC(CC)CN(CC(CC)CCCC)C(=O)c1cc(F)ccc1F. The van der Waals surface area contributed by atoms with Crippen LogP contribution in [-0.2, 0) is 0 Å². The zero-order chi connectivity index (χ0) is 20.2. The first-order valence-electron chi connectivity index (χ1n) is 10.7. The van der Waals surface area contributed by atoms with Crippen LogP contribution < -0.4 is 0 Å². The van der Waals surface area contributed by atoms with E-state index in [9.17, 15) is 13.6 Å². The molecule has 4 heteroatoms. The lowest BCUT2D eigenvalue weighted by Gasteiger charge is -2.31. The smallest absolute Gasteiger partial charge is 0.256 e. The molecule has 0 heterocycles. The molecular weight excluding hydrogens is 344 g/mol. The summed E-state index contributed by atoms with van der Waals surface area (Å²) in [5, 5.41) is 0. The van der Waals surface area contributed by atoms with Gasteiger partial charge < -0.3 is 4.90 Å². The third-order valence-corrected chi connectivity index (χ3v) is 5.49. The van der Waals surface area contributed by atoms with E-state index >= 15 is 0 Å². The molecule has 0 radical (unpaired) electrons. The first-order chi connectivity index (χ1) is 13.0. The summed E-state index contributed by atoms with van der Waals surface area (Å²) >= 11 is 0. The van der Waals surface area contributed by atoms with Crippen LogP contribution in [0.1, 0.15) is 89.4 Å². The van der Waals surface area contributed by atoms with Gasteiger partial charge in [-0.1, -0.05) is 66.2 Å². The van der Waals surface area contributed by atoms with Gasteiger partial charge in [-0.25, -0.2) is 8.78 Å². The molecule has 0 aliphatic heterocycles. The Kier molecular flexibility index (Phi) is 11.2. The zero-order valence-corrected chi connectivity index (χ0v) is 17.6. The number of hydrogen-bond acceptors (Lipinski definition) is 1. The van der Waals surface area contributed by atoms with E-state index in [0.717, 1.165) is 69.6 Å². The van der Waals surface area contributed by atoms with Crippen LogP contribution in [0.15, 0.2) is 18.2 Å². The van der Waals surface area contributed by atoms with Gasteiger partial charge in [-0.05, 0) is 42.9 Å². The van der Waals surface area contributed by atoms with Crippen LogP contribution in [0.4, 0.5) is 8.78 Å². The summed E-state index contributed by atoms with van der Waals surface area (Å²) in [6.45, 7) is 9.84. The number of hydrogen-bond donors (Lipinski definition) is 0. The number of benzene rings is 1. The van der Waals surface area contributed by atoms with Gasteiger partial charge in [0.15, 0.2) is 0 Å². The molecule has 2 unspecified atom stereocenters. The molecule has 1 aromatic rings. The van der Waals surface area contributed by atoms with Crippen LogP contribution in [-0.4, -0.2) is 23.9 Å². The summed E-state index contributed by atoms with van der Waals surface area (Å²) in [4.78, 5) is 14.9. The first kappa shape index (κ1) is 23.6. The lowest BCUT2D eigenvalue weighted by atomic mass is 9.95. The Balaban J connectivity index is 3.03. The second kappa shape index (κ2) is 12.9. The monoisotopic (exact) mass is 381 g/mol. The summed E-state index contributed by atoms with van der Waals surface area (Å²) in [5.41, 5.74) is -0.148. The third-order valence-electron chi connectivity index (χ3n) is 5.49. The number of rotatable bonds is 13. The molecule has 1 amide bonds. The molecule has 2 atom stereocenters. The third kappa shape index (κ3) is 7.98. The average molecular weight is 382 g/mol. The summed E-state index contributed by atoms with van der Waals surface area (Å²) in [5.74, 6) is -0.800. The molecule has 0 bridgehead atoms. The van der Waals surface area contributed by atoms with Gasteiger partial charge in [0, 0.05) is 13.1 Å². The van der Waals surface area contributed by atoms with E-state index in [1.807, 2.05) is 0 Å². The largest absolute Gasteiger partial charge is 0.338 e. The van der Waals surface area contributed by atoms with E-state index in [1.54, 1.807) is 4.90 Å². The van der Waals surface area contributed by atoms with Crippen molar-refractivity contribution in [3.63, 3.8) is 0 Å². The fourth-order valence-electron chi connectivity index (χ4n) is 3.53. The standard InChI is InChI=1S/C23H37F2NO/c1-5-9-11-18(7-3)16-26(17-19(8-4)12-10-6-2)23(27)21-15-20(24)13-14-22(21)25/h13-15,18-19H,5-12,16-17H2,1-4H3. The second-order valence-corrected chi connectivity index (χ2v) is 7.67. The van der Waals surface area contributed by atoms with Gasteiger partial charge >= 0.3 is 0 Å². The molecule has 154 valence electrons. The van der Waals surface area contributed by atoms with E-state index in [1.165, 1.54) is 0 Å². The first-order valence-corrected chi connectivity index (χ1v) is 10.7. The predicted molar refractivity (Wildman–Crippen MR) is 109 cm³/mol. The van der Waals surface area contributed by atoms with Crippen molar-refractivity contribution >= 4 is 5.91 Å². The highest BCUT2D eigenvalue weighted by Crippen LogP contribution is 2.22. The van der Waals surface area contributed by atoms with E-state index in [2.05, 4.69) is 27.7 Å². The van der Waals surface area contributed by atoms with Gasteiger partial charge in [0.2, 0.25) is 0 Å². The molecule has 1 aromatic carbocycles. The second-order valence-electron chi connectivity index (χ2n) is 7.67. The molecule has 0 N–H and O–H groups in total. The molecule has 0 saturated carbocycles. The van der Waals surface area contributed by atoms with Gasteiger partial charge in [0.25, 0.3) is 5.91 Å². The minimum absolute atomic E-state index is 0.148. The van der Waals surface area contributed by atoms with Crippen molar-refractivity contribution in [2.24, 2.45) is 11.8 Å². The fraction of sp³-hybridized carbons (Fsp3) is 0.696. The van der Waals surface area contributed by atoms with Gasteiger partial charge in [-0.2, -0.15) is 0 Å². The van der Waals surface area contributed by atoms with Gasteiger partial charge in [-0.3, -0.25) is 4.79 Å². The van der Waals surface area contributed by atoms with Crippen molar-refractivity contribution in [3.8, 4) is 0 Å². The summed E-state index contributed by atoms with van der Waals surface area (Å²) < 4.78 is 27.8. The number of carbonyl (C=O) groups excluding carboxylic acids is 1. The van der Waals surface area contributed by atoms with Gasteiger partial charge in [-0.15, -0.1) is 0 Å². The molecule has 0 aliphatic carbocycles. The van der Waals surface area contributed by atoms with Crippen molar-refractivity contribution < 1.29 is 13.6 Å². The molecule has 0 fully saturated rings. The van der Waals surface area contributed by atoms with E-state index in [0.29, 0.717) is 24.9 Å². The van der Waals surface area contributed by atoms with Crippen LogP contribution >= 0.6 is 0 Å². The van der Waals surface area contributed by atoms with Crippen molar-refractivity contribution in [1.29, 1.82) is 0 Å². The summed E-state index contributed by atoms with van der Waals surface area (Å²) in [6, 6.07) is 3.14. The number of nitrogens with zero attached hydrogens (tertiary/aromatic N) is 1. The number of amides is 1. The molecule has 0 spiro atoms. The Morgan fingerprint density at radius 2 is 1.44 bits per heavy atom. The molecular formula is C23H37F2NO. The van der Waals surface area contributed by atoms with Crippen molar-refractivity contribution in [2.75, 3.05) is 13.1 Å². The molecule has 0 aliphatic rings. The lowest BCUT2D eigenvalue weighted by molar-refractivity contribution is 0.0679. The Morgan fingerprint density at radius 3 is 1.89 bits per heavy atom. The Bertz CT molecular complexity index is 543. The molecule has 0 aromatic heterocycles. The average Bonchev–Trinajstić information content (AvgIpc) is 2.68. The minimum atomic E-state index is -0.644. The molecule has 2 nitrogen and oxygen atoms in total. The number of carbonyl (C=O) groups is 1. The molecule has 1 rings (SSSR count). The maximum Gasteiger partial charge on any atom is 0.256 e. The van der Waals surface area contributed by atoms with Crippen LogP contribution in [0.25, 0.3) is 0 Å². The highest BCUT2D eigenvalue weighted by atomic mass is 19.1. The van der Waals surface area contributed by atoms with Crippen molar-refractivity contribution in [3.05, 3.63) is 35.4 Å². The molecule has 0 saturated heterocycles. The maximum absolute atomic E-state index is 14.2. The number of unbranched alkanes of at least 4 members (excludes halogenated alkanes) is 2. The predicted octanol–water partition coefficient (Wildman–Crippen LogP) is 6.84. The molecule has 27 heavy (non-hydrogen) atoms. The minimum Gasteiger partial charge on any atom is -0.338 e. The normalized spacial score (nSPS) is 13.4. The quantitative estimate of drug-likeness (QED) is 0.366. The van der Waals surface area contributed by atoms with Crippen LogP contribution in [0.5, 0.6) is 0 Å². The lowest BCUT2D eigenvalue weighted by Crippen LogP contribution is -2.39. The highest BCUT2D eigenvalue weighted by Gasteiger charge is 2.24. The Hall–Kier alpha value is -1.45. The van der Waals surface area contributed by atoms with Gasteiger partial charge in [0.1, 0.15) is 11.6 Å². The van der Waals surface area contributed by atoms with E-state index in [4.69, 9.17) is 0 Å². The summed E-state index contributed by atoms with van der Waals surface area (Å²) in [7, 11) is 0. The zero-order valence-electron chi connectivity index (χ0n) is 17.6. The van der Waals surface area contributed by atoms with Crippen LogP contribution in [0.2, 0.25) is 0 Å². The maximum atomic E-state index is 14.2. The van der Waals surface area contributed by atoms with Crippen molar-refractivity contribution in [1.82, 2.24) is 4.90 Å². The summed E-state index contributed by atoms with van der Waals surface area (Å²) in [6.07, 6.45) is 8.60. The Labute approximate surface area is 164 Å². The topological polar surface area (TPSA) is 20.3 Å². The van der Waals surface area contributed by atoms with Crippen molar-refractivity contribution in [2.45, 2.75) is 79.1 Å². The van der Waals surface area contributed by atoms with Gasteiger partial charge in [0.05, 0.1) is 5.56 Å². The number of halogens is 2.